The van der Waals surface area contributed by atoms with E-state index in [1.807, 2.05) is 18.4 Å². The summed E-state index contributed by atoms with van der Waals surface area (Å²) >= 11 is 1.48. The summed E-state index contributed by atoms with van der Waals surface area (Å²) in [6, 6.07) is 3.87. The van der Waals surface area contributed by atoms with Crippen molar-refractivity contribution in [2.45, 2.75) is 32.4 Å². The lowest BCUT2D eigenvalue weighted by Gasteiger charge is -2.21. The van der Waals surface area contributed by atoms with Gasteiger partial charge in [0.2, 0.25) is 0 Å². The van der Waals surface area contributed by atoms with E-state index in [0.717, 1.165) is 41.5 Å². The molecule has 1 atom stereocenters. The highest BCUT2D eigenvalue weighted by Gasteiger charge is 2.28. The number of thiazole rings is 1. The summed E-state index contributed by atoms with van der Waals surface area (Å²) in [5.41, 5.74) is 1.78. The molecule has 114 valence electrons. The van der Waals surface area contributed by atoms with E-state index in [-0.39, 0.29) is 11.6 Å². The fraction of sp³-hybridized carbons (Fsp3) is 0.400. The number of fused-ring (bicyclic) bond motifs is 1. The fourth-order valence-electron chi connectivity index (χ4n) is 3.07. The summed E-state index contributed by atoms with van der Waals surface area (Å²) in [5, 5.41) is 6.03. The fourth-order valence-corrected chi connectivity index (χ4v) is 3.81. The topological polar surface area (TPSA) is 63.6 Å². The molecule has 0 amide bonds. The number of nitrogens with zero attached hydrogens (tertiary/aromatic N) is 4. The Kier molecular flexibility index (Phi) is 3.31. The van der Waals surface area contributed by atoms with Crippen molar-refractivity contribution >= 4 is 16.3 Å². The summed E-state index contributed by atoms with van der Waals surface area (Å²) in [6.07, 6.45) is 3.94. The third-order valence-corrected chi connectivity index (χ3v) is 4.83. The molecule has 0 saturated carbocycles. The van der Waals surface area contributed by atoms with Crippen LogP contribution in [0.15, 0.2) is 33.0 Å². The minimum atomic E-state index is -0.0192. The molecule has 0 radical (unpaired) electrons. The largest absolute Gasteiger partial charge is 0.361 e. The molecule has 0 N–H and O–H groups in total. The van der Waals surface area contributed by atoms with Gasteiger partial charge in [-0.2, -0.15) is 0 Å². The average Bonchev–Trinajstić information content (AvgIpc) is 3.19. The second-order valence-electron chi connectivity index (χ2n) is 5.63. The van der Waals surface area contributed by atoms with Gasteiger partial charge in [-0.15, -0.1) is 11.3 Å². The van der Waals surface area contributed by atoms with Crippen molar-refractivity contribution in [3.63, 3.8) is 0 Å². The summed E-state index contributed by atoms with van der Waals surface area (Å²) in [6.45, 7) is 3.56. The molecule has 0 unspecified atom stereocenters. The van der Waals surface area contributed by atoms with Crippen LogP contribution in [0.25, 0.3) is 4.96 Å². The first-order valence-corrected chi connectivity index (χ1v) is 8.22. The Labute approximate surface area is 131 Å². The van der Waals surface area contributed by atoms with Gasteiger partial charge in [0.1, 0.15) is 11.5 Å². The van der Waals surface area contributed by atoms with Crippen LogP contribution in [0, 0.1) is 6.92 Å². The van der Waals surface area contributed by atoms with Crippen LogP contribution in [0.4, 0.5) is 0 Å². The lowest BCUT2D eigenvalue weighted by Crippen LogP contribution is -2.25. The Hall–Kier alpha value is -1.99. The Balaban J connectivity index is 1.62. The molecule has 6 nitrogen and oxygen atoms in total. The van der Waals surface area contributed by atoms with Crippen molar-refractivity contribution in [2.75, 3.05) is 6.54 Å². The predicted octanol–water partition coefficient (Wildman–Crippen LogP) is 2.39. The Morgan fingerprint density at radius 3 is 3.18 bits per heavy atom. The van der Waals surface area contributed by atoms with Crippen LogP contribution < -0.4 is 5.56 Å². The van der Waals surface area contributed by atoms with Crippen molar-refractivity contribution in [1.82, 2.24) is 19.4 Å². The van der Waals surface area contributed by atoms with Gasteiger partial charge in [0.05, 0.1) is 11.7 Å². The molecule has 0 spiro atoms. The lowest BCUT2D eigenvalue weighted by molar-refractivity contribution is 0.234. The second-order valence-corrected chi connectivity index (χ2v) is 6.51. The van der Waals surface area contributed by atoms with Gasteiger partial charge in [0.15, 0.2) is 4.96 Å². The molecular weight excluding hydrogens is 300 g/mol. The molecule has 0 bridgehead atoms. The molecule has 1 aliphatic rings. The minimum absolute atomic E-state index is 0.0192. The first-order chi connectivity index (χ1) is 10.7. The molecule has 0 aliphatic carbocycles. The number of hydrogen-bond acceptors (Lipinski definition) is 6. The van der Waals surface area contributed by atoms with Gasteiger partial charge in [0.25, 0.3) is 5.56 Å². The predicted molar refractivity (Wildman–Crippen MR) is 83.0 cm³/mol. The van der Waals surface area contributed by atoms with E-state index in [0.29, 0.717) is 6.54 Å². The number of likely N-dealkylation sites (tertiary alicyclic amines) is 1. The third kappa shape index (κ3) is 2.36. The van der Waals surface area contributed by atoms with E-state index in [4.69, 9.17) is 4.52 Å². The smallest absolute Gasteiger partial charge is 0.258 e. The molecule has 22 heavy (non-hydrogen) atoms. The van der Waals surface area contributed by atoms with Gasteiger partial charge in [-0.1, -0.05) is 5.16 Å². The molecule has 7 heteroatoms. The monoisotopic (exact) mass is 316 g/mol. The van der Waals surface area contributed by atoms with Crippen LogP contribution in [0.3, 0.4) is 0 Å². The first-order valence-electron chi connectivity index (χ1n) is 7.34. The van der Waals surface area contributed by atoms with Crippen molar-refractivity contribution < 1.29 is 4.52 Å². The summed E-state index contributed by atoms with van der Waals surface area (Å²) in [7, 11) is 0. The maximum atomic E-state index is 12.1. The van der Waals surface area contributed by atoms with E-state index in [9.17, 15) is 4.79 Å². The molecule has 1 fully saturated rings. The van der Waals surface area contributed by atoms with Crippen LogP contribution >= 0.6 is 11.3 Å². The summed E-state index contributed by atoms with van der Waals surface area (Å²) < 4.78 is 6.78. The quantitative estimate of drug-likeness (QED) is 0.742. The van der Waals surface area contributed by atoms with Crippen molar-refractivity contribution in [3.8, 4) is 0 Å². The second kappa shape index (κ2) is 5.33. The van der Waals surface area contributed by atoms with Crippen LogP contribution in [0.5, 0.6) is 0 Å². The molecule has 4 heterocycles. The van der Waals surface area contributed by atoms with Crippen LogP contribution in [-0.4, -0.2) is 26.0 Å². The van der Waals surface area contributed by atoms with Crippen molar-refractivity contribution in [3.05, 3.63) is 51.2 Å². The van der Waals surface area contributed by atoms with E-state index in [2.05, 4.69) is 15.0 Å². The highest BCUT2D eigenvalue weighted by molar-refractivity contribution is 7.15. The maximum Gasteiger partial charge on any atom is 0.258 e. The molecule has 0 aromatic carbocycles. The SMILES string of the molecule is Cc1cc([C@H]2CCCN2Cc2cc(=O)n3ccsc3n2)no1. The molecule has 4 rings (SSSR count). The summed E-state index contributed by atoms with van der Waals surface area (Å²) in [5.74, 6) is 0.832. The van der Waals surface area contributed by atoms with E-state index >= 15 is 0 Å². The average molecular weight is 316 g/mol. The zero-order chi connectivity index (χ0) is 15.1. The molecule has 3 aromatic rings. The number of rotatable bonds is 3. The van der Waals surface area contributed by atoms with Crippen LogP contribution in [0.1, 0.15) is 36.0 Å². The lowest BCUT2D eigenvalue weighted by atomic mass is 10.1. The zero-order valence-corrected chi connectivity index (χ0v) is 13.0. The number of hydrogen-bond donors (Lipinski definition) is 0. The Bertz CT molecular complexity index is 866. The maximum absolute atomic E-state index is 12.1. The van der Waals surface area contributed by atoms with Gasteiger partial charge in [0, 0.05) is 30.3 Å². The first kappa shape index (κ1) is 13.7. The van der Waals surface area contributed by atoms with Gasteiger partial charge in [-0.25, -0.2) is 4.98 Å². The molecule has 1 aliphatic heterocycles. The highest BCUT2D eigenvalue weighted by atomic mass is 32.1. The number of aromatic nitrogens is 3. The van der Waals surface area contributed by atoms with Crippen LogP contribution in [-0.2, 0) is 6.54 Å². The van der Waals surface area contributed by atoms with Gasteiger partial charge in [-0.05, 0) is 26.3 Å². The Morgan fingerprint density at radius 1 is 1.45 bits per heavy atom. The number of aryl methyl sites for hydroxylation is 1. The van der Waals surface area contributed by atoms with Gasteiger partial charge < -0.3 is 4.52 Å². The molecule has 3 aromatic heterocycles. The van der Waals surface area contributed by atoms with Crippen molar-refractivity contribution in [1.29, 1.82) is 0 Å². The van der Waals surface area contributed by atoms with E-state index in [1.54, 1.807) is 16.7 Å². The normalized spacial score (nSPS) is 19.2. The van der Waals surface area contributed by atoms with Crippen molar-refractivity contribution in [2.24, 2.45) is 0 Å². The van der Waals surface area contributed by atoms with Crippen LogP contribution in [0.2, 0.25) is 0 Å². The standard InChI is InChI=1S/C15H16N4O2S/c1-10-7-12(17-21-10)13-3-2-4-18(13)9-11-8-14(20)19-5-6-22-15(19)16-11/h5-8,13H,2-4,9H2,1H3/t13-/m1/s1. The molecule has 1 saturated heterocycles. The Morgan fingerprint density at radius 2 is 2.36 bits per heavy atom. The van der Waals surface area contributed by atoms with Gasteiger partial charge in [-0.3, -0.25) is 14.1 Å². The molecular formula is C15H16N4O2S. The summed E-state index contributed by atoms with van der Waals surface area (Å²) in [4.78, 5) is 19.7. The van der Waals surface area contributed by atoms with E-state index in [1.165, 1.54) is 11.3 Å². The van der Waals surface area contributed by atoms with E-state index < -0.39 is 0 Å². The third-order valence-electron chi connectivity index (χ3n) is 4.07. The highest BCUT2D eigenvalue weighted by Crippen LogP contribution is 2.32. The minimum Gasteiger partial charge on any atom is -0.361 e. The zero-order valence-electron chi connectivity index (χ0n) is 12.2. The van der Waals surface area contributed by atoms with Gasteiger partial charge >= 0.3 is 0 Å².